The van der Waals surface area contributed by atoms with Crippen LogP contribution in [0.25, 0.3) is 0 Å². The summed E-state index contributed by atoms with van der Waals surface area (Å²) in [7, 11) is -4.07. The molecule has 24 heavy (non-hydrogen) atoms. The molecule has 0 spiro atoms. The average Bonchev–Trinajstić information content (AvgIpc) is 2.53. The highest BCUT2D eigenvalue weighted by Gasteiger charge is 2.26. The molecule has 8 heteroatoms. The van der Waals surface area contributed by atoms with E-state index in [1.165, 1.54) is 36.4 Å². The molecule has 0 saturated carbocycles. The number of carbonyl (C=O) groups excluding carboxylic acids is 1. The maximum absolute atomic E-state index is 12.6. The van der Waals surface area contributed by atoms with Crippen molar-refractivity contribution in [2.45, 2.75) is 11.8 Å². The number of hydrogen-bond donors (Lipinski definition) is 1. The molecule has 0 saturated heterocycles. The van der Waals surface area contributed by atoms with Gasteiger partial charge < -0.3 is 5.32 Å². The van der Waals surface area contributed by atoms with Crippen LogP contribution >= 0.6 is 34.8 Å². The molecular formula is C16H12Cl3NO3S. The number of benzene rings is 2. The molecule has 0 radical (unpaired) electrons. The van der Waals surface area contributed by atoms with Crippen molar-refractivity contribution in [2.75, 3.05) is 0 Å². The van der Waals surface area contributed by atoms with Crippen LogP contribution in [-0.2, 0) is 9.84 Å². The van der Waals surface area contributed by atoms with Gasteiger partial charge in [-0.25, -0.2) is 8.42 Å². The summed E-state index contributed by atoms with van der Waals surface area (Å²) >= 11 is 17.2. The van der Waals surface area contributed by atoms with Crippen LogP contribution in [-0.4, -0.2) is 14.3 Å². The minimum atomic E-state index is -4.07. The second-order valence-electron chi connectivity index (χ2n) is 4.87. The Labute approximate surface area is 155 Å². The van der Waals surface area contributed by atoms with E-state index in [0.29, 0.717) is 5.02 Å². The first kappa shape index (κ1) is 18.8. The summed E-state index contributed by atoms with van der Waals surface area (Å²) in [5, 5.41) is 2.13. The van der Waals surface area contributed by atoms with Gasteiger partial charge in [-0.2, -0.15) is 0 Å². The van der Waals surface area contributed by atoms with Crippen LogP contribution in [0.1, 0.15) is 15.9 Å². The number of carbonyl (C=O) groups is 1. The van der Waals surface area contributed by atoms with Gasteiger partial charge in [0.15, 0.2) is 5.03 Å². The third kappa shape index (κ3) is 4.30. The summed E-state index contributed by atoms with van der Waals surface area (Å²) in [4.78, 5) is 12.2. The van der Waals surface area contributed by atoms with Crippen LogP contribution < -0.4 is 5.32 Å². The van der Waals surface area contributed by atoms with Crippen molar-refractivity contribution < 1.29 is 13.2 Å². The van der Waals surface area contributed by atoms with E-state index < -0.39 is 25.3 Å². The first-order chi connectivity index (χ1) is 11.2. The molecule has 1 amide bonds. The first-order valence-electron chi connectivity index (χ1n) is 6.66. The standard InChI is InChI=1S/C16H12Cl3NO3S/c1-10-2-8-13(9-3-10)24(22,23)16(14(18)19)20-15(21)11-4-6-12(17)7-5-11/h2-9H,1H3,(H,20,21). The fourth-order valence-corrected chi connectivity index (χ4v) is 3.82. The number of sulfone groups is 1. The van der Waals surface area contributed by atoms with Gasteiger partial charge in [-0.05, 0) is 43.3 Å². The zero-order chi connectivity index (χ0) is 17.9. The predicted molar refractivity (Wildman–Crippen MR) is 96.0 cm³/mol. The molecular weight excluding hydrogens is 393 g/mol. The summed E-state index contributed by atoms with van der Waals surface area (Å²) < 4.78 is 24.7. The van der Waals surface area contributed by atoms with Gasteiger partial charge in [0, 0.05) is 10.6 Å². The SMILES string of the molecule is Cc1ccc(S(=O)(=O)C(NC(=O)c2ccc(Cl)cc2)=C(Cl)Cl)cc1. The number of nitrogens with one attached hydrogen (secondary N) is 1. The Morgan fingerprint density at radius 1 is 0.958 bits per heavy atom. The Bertz CT molecular complexity index is 885. The molecule has 1 N–H and O–H groups in total. The Kier molecular flexibility index (Phi) is 5.93. The monoisotopic (exact) mass is 403 g/mol. The summed E-state index contributed by atoms with van der Waals surface area (Å²) in [6.45, 7) is 1.82. The molecule has 0 aliphatic carbocycles. The van der Waals surface area contributed by atoms with E-state index in [9.17, 15) is 13.2 Å². The van der Waals surface area contributed by atoms with Gasteiger partial charge in [-0.15, -0.1) is 0 Å². The van der Waals surface area contributed by atoms with Crippen molar-refractivity contribution in [3.63, 3.8) is 0 Å². The van der Waals surface area contributed by atoms with E-state index in [2.05, 4.69) is 5.32 Å². The molecule has 0 aliphatic rings. The van der Waals surface area contributed by atoms with Gasteiger partial charge in [-0.3, -0.25) is 4.79 Å². The molecule has 0 aliphatic heterocycles. The molecule has 0 atom stereocenters. The minimum Gasteiger partial charge on any atom is -0.310 e. The summed E-state index contributed by atoms with van der Waals surface area (Å²) in [5.74, 6) is -0.670. The Balaban J connectivity index is 2.36. The second kappa shape index (κ2) is 7.57. The Morgan fingerprint density at radius 2 is 1.50 bits per heavy atom. The minimum absolute atomic E-state index is 0.0293. The smallest absolute Gasteiger partial charge is 0.256 e. The van der Waals surface area contributed by atoms with Gasteiger partial charge in [0.1, 0.15) is 4.49 Å². The number of rotatable bonds is 4. The summed E-state index contributed by atoms with van der Waals surface area (Å²) in [5.41, 5.74) is 1.10. The highest BCUT2D eigenvalue weighted by molar-refractivity contribution is 7.95. The van der Waals surface area contributed by atoms with Gasteiger partial charge in [-0.1, -0.05) is 52.5 Å². The van der Waals surface area contributed by atoms with E-state index in [4.69, 9.17) is 34.8 Å². The molecule has 0 aromatic heterocycles. The van der Waals surface area contributed by atoms with Crippen LogP contribution in [0.15, 0.2) is 62.9 Å². The molecule has 2 aromatic rings. The molecule has 0 bridgehead atoms. The zero-order valence-electron chi connectivity index (χ0n) is 12.4. The Morgan fingerprint density at radius 3 is 2.00 bits per heavy atom. The number of hydrogen-bond acceptors (Lipinski definition) is 3. The molecule has 126 valence electrons. The van der Waals surface area contributed by atoms with Crippen molar-refractivity contribution in [3.05, 3.63) is 74.2 Å². The van der Waals surface area contributed by atoms with Gasteiger partial charge in [0.2, 0.25) is 9.84 Å². The number of halogens is 3. The highest BCUT2D eigenvalue weighted by Crippen LogP contribution is 2.25. The molecule has 2 aromatic carbocycles. The van der Waals surface area contributed by atoms with Crippen molar-refractivity contribution in [1.82, 2.24) is 5.32 Å². The lowest BCUT2D eigenvalue weighted by atomic mass is 10.2. The molecule has 4 nitrogen and oxygen atoms in total. The van der Waals surface area contributed by atoms with Crippen molar-refractivity contribution >= 4 is 50.5 Å². The van der Waals surface area contributed by atoms with Crippen LogP contribution in [0.2, 0.25) is 5.02 Å². The molecule has 0 fully saturated rings. The maximum atomic E-state index is 12.6. The van der Waals surface area contributed by atoms with Crippen LogP contribution in [0.3, 0.4) is 0 Å². The maximum Gasteiger partial charge on any atom is 0.256 e. The van der Waals surface area contributed by atoms with E-state index in [-0.39, 0.29) is 10.5 Å². The highest BCUT2D eigenvalue weighted by atomic mass is 35.5. The largest absolute Gasteiger partial charge is 0.310 e. The third-order valence-electron chi connectivity index (χ3n) is 3.11. The number of aryl methyl sites for hydroxylation is 1. The van der Waals surface area contributed by atoms with Gasteiger partial charge in [0.25, 0.3) is 5.91 Å². The predicted octanol–water partition coefficient (Wildman–Crippen LogP) is 4.46. The molecule has 2 rings (SSSR count). The van der Waals surface area contributed by atoms with Gasteiger partial charge in [0.05, 0.1) is 4.90 Å². The lowest BCUT2D eigenvalue weighted by molar-refractivity contribution is 0.0968. The molecule has 0 heterocycles. The zero-order valence-corrected chi connectivity index (χ0v) is 15.5. The number of amides is 1. The van der Waals surface area contributed by atoms with E-state index >= 15 is 0 Å². The fourth-order valence-electron chi connectivity index (χ4n) is 1.83. The van der Waals surface area contributed by atoms with Crippen molar-refractivity contribution in [2.24, 2.45) is 0 Å². The quantitative estimate of drug-likeness (QED) is 0.818. The lowest BCUT2D eigenvalue weighted by Gasteiger charge is -2.12. The van der Waals surface area contributed by atoms with Crippen LogP contribution in [0.5, 0.6) is 0 Å². The fraction of sp³-hybridized carbons (Fsp3) is 0.0625. The summed E-state index contributed by atoms with van der Waals surface area (Å²) in [6, 6.07) is 12.0. The van der Waals surface area contributed by atoms with Crippen molar-refractivity contribution in [3.8, 4) is 0 Å². The second-order valence-corrected chi connectivity index (χ2v) is 8.14. The van der Waals surface area contributed by atoms with E-state index in [1.807, 2.05) is 6.92 Å². The van der Waals surface area contributed by atoms with Crippen LogP contribution in [0.4, 0.5) is 0 Å². The van der Waals surface area contributed by atoms with E-state index in [0.717, 1.165) is 5.56 Å². The normalized spacial score (nSPS) is 11.0. The third-order valence-corrected chi connectivity index (χ3v) is 5.70. The Hall–Kier alpha value is -1.53. The van der Waals surface area contributed by atoms with Crippen molar-refractivity contribution in [1.29, 1.82) is 0 Å². The lowest BCUT2D eigenvalue weighted by Crippen LogP contribution is -2.28. The van der Waals surface area contributed by atoms with E-state index in [1.54, 1.807) is 12.1 Å². The van der Waals surface area contributed by atoms with Gasteiger partial charge >= 0.3 is 0 Å². The topological polar surface area (TPSA) is 63.2 Å². The average molecular weight is 405 g/mol. The van der Waals surface area contributed by atoms with Crippen LogP contribution in [0, 0.1) is 6.92 Å². The molecule has 0 unspecified atom stereocenters. The first-order valence-corrected chi connectivity index (χ1v) is 9.27. The summed E-state index contributed by atoms with van der Waals surface area (Å²) in [6.07, 6.45) is 0.